The third kappa shape index (κ3) is 3.79. The molecule has 0 saturated carbocycles. The molecule has 1 aromatic carbocycles. The first-order chi connectivity index (χ1) is 11.9. The van der Waals surface area contributed by atoms with Gasteiger partial charge in [0, 0.05) is 44.2 Å². The Morgan fingerprint density at radius 1 is 1.12 bits per heavy atom. The van der Waals surface area contributed by atoms with Gasteiger partial charge in [-0.3, -0.25) is 4.90 Å². The number of anilines is 1. The molecule has 2 N–H and O–H groups in total. The minimum absolute atomic E-state index is 0.625. The van der Waals surface area contributed by atoms with Crippen LogP contribution in [0, 0.1) is 5.92 Å². The van der Waals surface area contributed by atoms with Crippen molar-refractivity contribution in [2.24, 2.45) is 5.92 Å². The number of rotatable bonds is 5. The third-order valence-electron chi connectivity index (χ3n) is 5.25. The van der Waals surface area contributed by atoms with Crippen LogP contribution in [0.3, 0.4) is 0 Å². The van der Waals surface area contributed by atoms with Gasteiger partial charge >= 0.3 is 0 Å². The Balaban J connectivity index is 1.19. The van der Waals surface area contributed by atoms with Crippen LogP contribution in [0.4, 0.5) is 5.82 Å². The highest BCUT2D eigenvalue weighted by Crippen LogP contribution is 2.17. The van der Waals surface area contributed by atoms with Crippen molar-refractivity contribution in [1.29, 1.82) is 0 Å². The zero-order valence-corrected chi connectivity index (χ0v) is 14.2. The average Bonchev–Trinajstić information content (AvgIpc) is 3.10. The molecule has 1 aromatic heterocycles. The maximum Gasteiger partial charge on any atom is 0.124 e. The first kappa shape index (κ1) is 15.7. The average molecular weight is 325 g/mol. The van der Waals surface area contributed by atoms with Gasteiger partial charge in [-0.2, -0.15) is 5.10 Å². The fourth-order valence-corrected chi connectivity index (χ4v) is 3.79. The van der Waals surface area contributed by atoms with Gasteiger partial charge in [0.05, 0.1) is 6.20 Å². The maximum atomic E-state index is 4.37. The van der Waals surface area contributed by atoms with E-state index in [4.69, 9.17) is 0 Å². The topological polar surface area (TPSA) is 45.1 Å². The van der Waals surface area contributed by atoms with Gasteiger partial charge in [-0.05, 0) is 31.5 Å². The monoisotopic (exact) mass is 325 g/mol. The molecule has 2 aliphatic heterocycles. The Hall–Kier alpha value is -1.85. The molecule has 24 heavy (non-hydrogen) atoms. The van der Waals surface area contributed by atoms with E-state index in [1.165, 1.54) is 31.5 Å². The van der Waals surface area contributed by atoms with Gasteiger partial charge in [0.2, 0.25) is 0 Å². The van der Waals surface area contributed by atoms with Crippen LogP contribution < -0.4 is 10.6 Å². The summed E-state index contributed by atoms with van der Waals surface area (Å²) >= 11 is 0. The Kier molecular flexibility index (Phi) is 4.81. The molecule has 0 bridgehead atoms. The fraction of sp³-hybridized carbons (Fsp3) is 0.526. The number of aromatic nitrogens is 2. The predicted octanol–water partition coefficient (Wildman–Crippen LogP) is 2.18. The number of fused-ring (bicyclic) bond motifs is 1. The van der Waals surface area contributed by atoms with Crippen LogP contribution in [0.1, 0.15) is 18.4 Å². The van der Waals surface area contributed by atoms with Crippen molar-refractivity contribution in [1.82, 2.24) is 20.0 Å². The lowest BCUT2D eigenvalue weighted by molar-refractivity contribution is 0.186. The van der Waals surface area contributed by atoms with E-state index in [1.54, 1.807) is 0 Å². The largest absolute Gasteiger partial charge is 0.370 e. The second-order valence-corrected chi connectivity index (χ2v) is 7.09. The molecule has 1 fully saturated rings. The van der Waals surface area contributed by atoms with Crippen LogP contribution in [0.25, 0.3) is 0 Å². The van der Waals surface area contributed by atoms with Crippen LogP contribution in [-0.2, 0) is 13.1 Å². The van der Waals surface area contributed by atoms with Gasteiger partial charge in [-0.25, -0.2) is 4.68 Å². The molecule has 3 heterocycles. The number of piperidine rings is 1. The van der Waals surface area contributed by atoms with Crippen molar-refractivity contribution >= 4 is 5.82 Å². The normalized spacial score (nSPS) is 22.1. The number of nitrogens with one attached hydrogen (secondary N) is 2. The van der Waals surface area contributed by atoms with E-state index in [1.807, 2.05) is 12.3 Å². The SMILES string of the molecule is c1ccc(CN2CCC(NC[C@@H]3CNc4ccnn4C3)CC2)cc1. The molecule has 0 unspecified atom stereocenters. The summed E-state index contributed by atoms with van der Waals surface area (Å²) in [7, 11) is 0. The number of nitrogens with zero attached hydrogens (tertiary/aromatic N) is 3. The lowest BCUT2D eigenvalue weighted by Crippen LogP contribution is -2.45. The van der Waals surface area contributed by atoms with Crippen LogP contribution in [0.2, 0.25) is 0 Å². The van der Waals surface area contributed by atoms with Crippen molar-refractivity contribution in [2.75, 3.05) is 31.5 Å². The minimum Gasteiger partial charge on any atom is -0.370 e. The van der Waals surface area contributed by atoms with Crippen molar-refractivity contribution < 1.29 is 0 Å². The molecule has 0 amide bonds. The van der Waals surface area contributed by atoms with Crippen LogP contribution in [0.15, 0.2) is 42.6 Å². The highest BCUT2D eigenvalue weighted by Gasteiger charge is 2.22. The highest BCUT2D eigenvalue weighted by atomic mass is 15.3. The zero-order valence-electron chi connectivity index (χ0n) is 14.2. The van der Waals surface area contributed by atoms with Gasteiger partial charge in [0.15, 0.2) is 0 Å². The predicted molar refractivity (Wildman–Crippen MR) is 97.0 cm³/mol. The Bertz CT molecular complexity index is 630. The van der Waals surface area contributed by atoms with Crippen LogP contribution >= 0.6 is 0 Å². The standard InChI is InChI=1S/C19H27N5/c1-2-4-16(5-3-1)14-23-10-7-18(8-11-23)20-12-17-13-21-19-6-9-22-24(19)15-17/h1-6,9,17-18,20-21H,7-8,10-15H2/t17-/m1/s1. The second-order valence-electron chi connectivity index (χ2n) is 7.09. The molecule has 0 spiro atoms. The third-order valence-corrected chi connectivity index (χ3v) is 5.25. The van der Waals surface area contributed by atoms with E-state index in [0.29, 0.717) is 12.0 Å². The smallest absolute Gasteiger partial charge is 0.124 e. The molecule has 2 aromatic rings. The van der Waals surface area contributed by atoms with Crippen molar-refractivity contribution in [2.45, 2.75) is 32.0 Å². The lowest BCUT2D eigenvalue weighted by atomic mass is 10.0. The van der Waals surface area contributed by atoms with E-state index in [-0.39, 0.29) is 0 Å². The molecule has 128 valence electrons. The van der Waals surface area contributed by atoms with E-state index >= 15 is 0 Å². The fourth-order valence-electron chi connectivity index (χ4n) is 3.79. The minimum atomic E-state index is 0.625. The van der Waals surface area contributed by atoms with Gasteiger partial charge in [-0.15, -0.1) is 0 Å². The summed E-state index contributed by atoms with van der Waals surface area (Å²) < 4.78 is 2.08. The summed E-state index contributed by atoms with van der Waals surface area (Å²) in [6.45, 7) is 6.62. The van der Waals surface area contributed by atoms with Gasteiger partial charge in [0.1, 0.15) is 5.82 Å². The summed E-state index contributed by atoms with van der Waals surface area (Å²) in [5.74, 6) is 1.78. The van der Waals surface area contributed by atoms with Gasteiger partial charge in [0.25, 0.3) is 0 Å². The molecule has 4 rings (SSSR count). The summed E-state index contributed by atoms with van der Waals surface area (Å²) in [5.41, 5.74) is 1.42. The maximum absolute atomic E-state index is 4.37. The Labute approximate surface area is 144 Å². The molecule has 1 atom stereocenters. The Morgan fingerprint density at radius 3 is 2.79 bits per heavy atom. The van der Waals surface area contributed by atoms with Gasteiger partial charge < -0.3 is 10.6 Å². The molecule has 1 saturated heterocycles. The first-order valence-electron chi connectivity index (χ1n) is 9.12. The lowest BCUT2D eigenvalue weighted by Gasteiger charge is -2.34. The molecule has 5 heteroatoms. The number of hydrogen-bond donors (Lipinski definition) is 2. The second kappa shape index (κ2) is 7.36. The van der Waals surface area contributed by atoms with E-state index < -0.39 is 0 Å². The number of hydrogen-bond acceptors (Lipinski definition) is 4. The number of likely N-dealkylation sites (tertiary alicyclic amines) is 1. The van der Waals surface area contributed by atoms with E-state index in [9.17, 15) is 0 Å². The van der Waals surface area contributed by atoms with Crippen LogP contribution in [0.5, 0.6) is 0 Å². The molecule has 5 nitrogen and oxygen atoms in total. The van der Waals surface area contributed by atoms with Crippen molar-refractivity contribution in [3.63, 3.8) is 0 Å². The molecule has 2 aliphatic rings. The Morgan fingerprint density at radius 2 is 1.96 bits per heavy atom. The molecular formula is C19H27N5. The molecule has 0 aliphatic carbocycles. The van der Waals surface area contributed by atoms with E-state index in [2.05, 4.69) is 55.6 Å². The van der Waals surface area contributed by atoms with Crippen molar-refractivity contribution in [3.05, 3.63) is 48.2 Å². The molecular weight excluding hydrogens is 298 g/mol. The first-order valence-corrected chi connectivity index (χ1v) is 9.12. The quantitative estimate of drug-likeness (QED) is 0.884. The summed E-state index contributed by atoms with van der Waals surface area (Å²) in [5, 5.41) is 11.6. The van der Waals surface area contributed by atoms with E-state index in [0.717, 1.165) is 32.0 Å². The number of benzene rings is 1. The van der Waals surface area contributed by atoms with Crippen LogP contribution in [-0.4, -0.2) is 46.9 Å². The summed E-state index contributed by atoms with van der Waals surface area (Å²) in [4.78, 5) is 2.58. The van der Waals surface area contributed by atoms with Crippen molar-refractivity contribution in [3.8, 4) is 0 Å². The zero-order chi connectivity index (χ0) is 16.2. The summed E-state index contributed by atoms with van der Waals surface area (Å²) in [6.07, 6.45) is 4.38. The molecule has 0 radical (unpaired) electrons. The summed E-state index contributed by atoms with van der Waals surface area (Å²) in [6, 6.07) is 13.5. The van der Waals surface area contributed by atoms with Gasteiger partial charge in [-0.1, -0.05) is 30.3 Å². The highest BCUT2D eigenvalue weighted by molar-refractivity contribution is 5.35.